The summed E-state index contributed by atoms with van der Waals surface area (Å²) in [6, 6.07) is -6.21. The third kappa shape index (κ3) is 14.8. The Morgan fingerprint density at radius 3 is 1.59 bits per heavy atom. The molecule has 0 spiro atoms. The molecule has 0 rings (SSSR count). The largest absolute Gasteiger partial charge is 0.567 e. The van der Waals surface area contributed by atoms with Gasteiger partial charge < -0.3 is 37.8 Å². The molecular formula is C24H49N6O10P+2. The van der Waals surface area contributed by atoms with E-state index in [0.717, 1.165) is 6.92 Å². The fraction of sp³-hybridized carbons (Fsp3) is 0.792. The van der Waals surface area contributed by atoms with E-state index in [0.29, 0.717) is 0 Å². The number of nitrogens with one attached hydrogen (secondary N) is 4. The van der Waals surface area contributed by atoms with Crippen molar-refractivity contribution in [1.29, 1.82) is 0 Å². The molecule has 41 heavy (non-hydrogen) atoms. The highest BCUT2D eigenvalue weighted by atomic mass is 31.2. The summed E-state index contributed by atoms with van der Waals surface area (Å²) in [6.07, 6.45) is -1.21. The van der Waals surface area contributed by atoms with E-state index in [2.05, 4.69) is 31.5 Å². The topological polar surface area (TPSA) is 277 Å². The maximum absolute atomic E-state index is 13.1. The molecule has 6 atom stereocenters. The zero-order chi connectivity index (χ0) is 32.2. The van der Waals surface area contributed by atoms with Crippen LogP contribution in [-0.4, -0.2) is 92.2 Å². The van der Waals surface area contributed by atoms with Crippen molar-refractivity contribution in [3.8, 4) is 0 Å². The summed E-state index contributed by atoms with van der Waals surface area (Å²) in [7, 11) is -4.88. The quantitative estimate of drug-likeness (QED) is 0.0693. The number of rotatable bonds is 18. The Morgan fingerprint density at radius 2 is 1.17 bits per heavy atom. The van der Waals surface area contributed by atoms with Crippen molar-refractivity contribution in [2.75, 3.05) is 6.61 Å². The molecular weight excluding hydrogens is 563 g/mol. The summed E-state index contributed by atoms with van der Waals surface area (Å²) in [5, 5.41) is 19.4. The van der Waals surface area contributed by atoms with Gasteiger partial charge in [0.25, 0.3) is 5.91 Å². The van der Waals surface area contributed by atoms with Crippen molar-refractivity contribution in [1.82, 2.24) is 21.3 Å². The van der Waals surface area contributed by atoms with Crippen molar-refractivity contribution in [3.05, 3.63) is 0 Å². The van der Waals surface area contributed by atoms with Crippen LogP contribution in [0.4, 0.5) is 0 Å². The smallest absolute Gasteiger partial charge is 0.394 e. The van der Waals surface area contributed by atoms with Gasteiger partial charge in [-0.2, -0.15) is 14.7 Å². The first kappa shape index (κ1) is 38.5. The van der Waals surface area contributed by atoms with E-state index in [1.807, 2.05) is 13.8 Å². The minimum atomic E-state index is -4.88. The zero-order valence-corrected chi connectivity index (χ0v) is 25.7. The van der Waals surface area contributed by atoms with Crippen LogP contribution in [0.5, 0.6) is 0 Å². The number of nitrogens with two attached hydrogens (primary N) is 1. The molecule has 0 aromatic rings. The summed E-state index contributed by atoms with van der Waals surface area (Å²) in [4.78, 5) is 91.6. The molecule has 13 N–H and O–H groups in total. The van der Waals surface area contributed by atoms with Crippen molar-refractivity contribution < 1.29 is 54.0 Å². The molecule has 0 aromatic carbocycles. The third-order valence-electron chi connectivity index (χ3n) is 6.02. The molecule has 0 aromatic heterocycles. The number of hydrogen-bond acceptors (Lipinski definition) is 10. The fourth-order valence-corrected chi connectivity index (χ4v) is 4.23. The van der Waals surface area contributed by atoms with Gasteiger partial charge in [0.15, 0.2) is 6.04 Å². The number of primary amides is 1. The molecule has 0 aliphatic heterocycles. The molecule has 0 fully saturated rings. The molecule has 17 heteroatoms. The van der Waals surface area contributed by atoms with E-state index in [9.17, 15) is 43.8 Å². The summed E-state index contributed by atoms with van der Waals surface area (Å²) >= 11 is 0. The number of carbonyl (C=O) groups is 5. The van der Waals surface area contributed by atoms with Gasteiger partial charge in [-0.1, -0.05) is 41.5 Å². The van der Waals surface area contributed by atoms with Gasteiger partial charge in [0.05, 0.1) is 6.61 Å². The van der Waals surface area contributed by atoms with Gasteiger partial charge in [0, 0.05) is 5.92 Å². The monoisotopic (exact) mass is 612 g/mol. The van der Waals surface area contributed by atoms with Gasteiger partial charge in [0.2, 0.25) is 23.6 Å². The molecule has 0 radical (unpaired) electrons. The Balaban J connectivity index is 5.92. The van der Waals surface area contributed by atoms with Crippen molar-refractivity contribution >= 4 is 37.7 Å². The molecule has 5 amide bonds. The average molecular weight is 613 g/mol. The molecule has 0 bridgehead atoms. The van der Waals surface area contributed by atoms with Gasteiger partial charge in [-0.15, -0.1) is 4.52 Å². The molecule has 16 nitrogen and oxygen atoms in total. The minimum absolute atomic E-state index is 0.0380. The van der Waals surface area contributed by atoms with Crippen LogP contribution in [0.25, 0.3) is 0 Å². The van der Waals surface area contributed by atoms with Gasteiger partial charge in [0.1, 0.15) is 30.3 Å². The predicted octanol–water partition coefficient (Wildman–Crippen LogP) is -3.18. The van der Waals surface area contributed by atoms with Crippen LogP contribution in [0.3, 0.4) is 0 Å². The molecule has 0 aliphatic rings. The first-order valence-corrected chi connectivity index (χ1v) is 15.0. The van der Waals surface area contributed by atoms with Crippen molar-refractivity contribution in [2.45, 2.75) is 97.6 Å². The first-order chi connectivity index (χ1) is 18.7. The lowest BCUT2D eigenvalue weighted by atomic mass is 10.00. The standard InChI is InChI=1S/C24H47N6O10P/c1-11(2)8-15(20(26)32)27-24(36)19(14(7)40-41(37,38)39)30-22(34)17(10-31)29-21(33)16(9-12(3)4)28-23(35)18(25)13(5)6/h11-19,31,37-39H,8-10,25H2,1-7H3,(H5-,26,27,28,29,30,32,33,34,35,36)/p+2/t14-,15+,16+,17+,18+,19+/m1/s1. The average Bonchev–Trinajstić information content (AvgIpc) is 2.81. The highest BCUT2D eigenvalue weighted by Gasteiger charge is 2.43. The van der Waals surface area contributed by atoms with Gasteiger partial charge >= 0.3 is 8.17 Å². The Kier molecular flexibility index (Phi) is 16.4. The summed E-state index contributed by atoms with van der Waals surface area (Å²) in [5.41, 5.74) is 9.16. The van der Waals surface area contributed by atoms with Crippen molar-refractivity contribution in [3.63, 3.8) is 0 Å². The van der Waals surface area contributed by atoms with E-state index < -0.39 is 80.6 Å². The lowest BCUT2D eigenvalue weighted by Crippen LogP contribution is -2.71. The summed E-state index contributed by atoms with van der Waals surface area (Å²) in [6.45, 7) is 11.0. The number of amides is 5. The van der Waals surface area contributed by atoms with E-state index >= 15 is 0 Å². The molecule has 0 heterocycles. The maximum Gasteiger partial charge on any atom is 0.567 e. The van der Waals surface area contributed by atoms with Gasteiger partial charge in [-0.05, 0) is 31.6 Å². The summed E-state index contributed by atoms with van der Waals surface area (Å²) < 4.78 is 4.69. The second kappa shape index (κ2) is 17.5. The Morgan fingerprint density at radius 1 is 0.732 bits per heavy atom. The van der Waals surface area contributed by atoms with Crippen LogP contribution in [-0.2, 0) is 28.5 Å². The Bertz CT molecular complexity index is 899. The number of aliphatic hydroxyl groups excluding tert-OH is 1. The third-order valence-corrected chi connectivity index (χ3v) is 6.64. The first-order valence-electron chi connectivity index (χ1n) is 13.4. The van der Waals surface area contributed by atoms with Crippen LogP contribution in [0.2, 0.25) is 0 Å². The zero-order valence-electron chi connectivity index (χ0n) is 24.8. The molecule has 0 saturated carbocycles. The second-order valence-electron chi connectivity index (χ2n) is 11.2. The Hall–Kier alpha value is -2.46. The fourth-order valence-electron chi connectivity index (χ4n) is 3.66. The molecule has 0 saturated heterocycles. The predicted molar refractivity (Wildman–Crippen MR) is 149 cm³/mol. The highest BCUT2D eigenvalue weighted by molar-refractivity contribution is 7.53. The van der Waals surface area contributed by atoms with Crippen LogP contribution < -0.4 is 32.7 Å². The SMILES string of the molecule is CC(C)C[C@H](NC(=O)[C@@H](NC(=O)[C@H](CO)NC(=O)[C@H](CC(C)C)NC(=O)[C@@H]([NH3+])C(C)C)[C@@H](C)O[P+](O)(O)O)C(N)=O. The van der Waals surface area contributed by atoms with E-state index in [-0.39, 0.29) is 30.6 Å². The minimum Gasteiger partial charge on any atom is -0.394 e. The normalized spacial score (nSPS) is 16.4. The van der Waals surface area contributed by atoms with E-state index in [1.54, 1.807) is 27.7 Å². The lowest BCUT2D eigenvalue weighted by Gasteiger charge is -2.28. The highest BCUT2D eigenvalue weighted by Crippen LogP contribution is 2.47. The van der Waals surface area contributed by atoms with Crippen LogP contribution >= 0.6 is 8.17 Å². The number of carbonyl (C=O) groups excluding carboxylic acids is 5. The number of quaternary nitrogens is 1. The maximum atomic E-state index is 13.1. The molecule has 0 aliphatic carbocycles. The van der Waals surface area contributed by atoms with Crippen LogP contribution in [0, 0.1) is 17.8 Å². The lowest BCUT2D eigenvalue weighted by molar-refractivity contribution is -0.414. The van der Waals surface area contributed by atoms with E-state index in [4.69, 9.17) is 5.73 Å². The molecule has 238 valence electrons. The number of aliphatic hydroxyl groups is 1. The Labute approximate surface area is 241 Å². The number of hydrogen-bond donors (Lipinski definition) is 10. The van der Waals surface area contributed by atoms with Crippen molar-refractivity contribution in [2.24, 2.45) is 23.5 Å². The van der Waals surface area contributed by atoms with Gasteiger partial charge in [-0.3, -0.25) is 24.0 Å². The van der Waals surface area contributed by atoms with Crippen LogP contribution in [0.15, 0.2) is 0 Å². The summed E-state index contributed by atoms with van der Waals surface area (Å²) in [5.74, 6) is -4.42. The second-order valence-corrected chi connectivity index (χ2v) is 12.4. The molecule has 0 unspecified atom stereocenters. The van der Waals surface area contributed by atoms with E-state index in [1.165, 1.54) is 0 Å². The van der Waals surface area contributed by atoms with Crippen LogP contribution in [0.1, 0.15) is 61.3 Å². The van der Waals surface area contributed by atoms with Gasteiger partial charge in [-0.25, -0.2) is 0 Å².